The minimum Gasteiger partial charge on any atom is -0.490 e. The van der Waals surface area contributed by atoms with Crippen LogP contribution in [0.5, 0.6) is 5.75 Å². The van der Waals surface area contributed by atoms with Crippen molar-refractivity contribution in [1.29, 1.82) is 0 Å². The van der Waals surface area contributed by atoms with E-state index in [0.29, 0.717) is 38.5 Å². The monoisotopic (exact) mass is 284 g/mol. The van der Waals surface area contributed by atoms with E-state index < -0.39 is 11.4 Å². The molecule has 20 heavy (non-hydrogen) atoms. The van der Waals surface area contributed by atoms with Crippen LogP contribution >= 0.6 is 0 Å². The zero-order valence-corrected chi connectivity index (χ0v) is 11.6. The smallest absolute Gasteiger partial charge is 0.167 e. The lowest BCUT2D eigenvalue weighted by atomic mass is 10.0. The van der Waals surface area contributed by atoms with Crippen LogP contribution in [-0.2, 0) is 4.74 Å². The van der Waals surface area contributed by atoms with E-state index >= 15 is 0 Å². The Hall–Kier alpha value is -1.53. The van der Waals surface area contributed by atoms with Crippen molar-refractivity contribution < 1.29 is 19.0 Å². The summed E-state index contributed by atoms with van der Waals surface area (Å²) in [5.74, 6) is -0.317. The van der Waals surface area contributed by atoms with Crippen LogP contribution in [-0.4, -0.2) is 37.1 Å². The summed E-state index contributed by atoms with van der Waals surface area (Å²) >= 11 is 0. The molecule has 1 aliphatic heterocycles. The van der Waals surface area contributed by atoms with E-state index in [0.717, 1.165) is 6.42 Å². The summed E-state index contributed by atoms with van der Waals surface area (Å²) in [4.78, 5) is 0. The van der Waals surface area contributed by atoms with Gasteiger partial charge in [-0.2, -0.15) is 0 Å². The van der Waals surface area contributed by atoms with E-state index in [4.69, 9.17) is 15.2 Å². The quantitative estimate of drug-likeness (QED) is 0.694. The van der Waals surface area contributed by atoms with Crippen LogP contribution in [0.4, 0.5) is 15.8 Å². The van der Waals surface area contributed by atoms with Crippen molar-refractivity contribution in [2.24, 2.45) is 0 Å². The number of nitrogens with two attached hydrogens (primary N) is 1. The Kier molecular flexibility index (Phi) is 4.67. The molecule has 0 amide bonds. The summed E-state index contributed by atoms with van der Waals surface area (Å²) in [7, 11) is 0. The molecule has 0 aliphatic carbocycles. The maximum absolute atomic E-state index is 13.7. The number of anilines is 2. The van der Waals surface area contributed by atoms with Gasteiger partial charge >= 0.3 is 0 Å². The first kappa shape index (κ1) is 14.9. The van der Waals surface area contributed by atoms with Crippen molar-refractivity contribution in [1.82, 2.24) is 0 Å². The SMILES string of the molecule is CCCOc1cc(NCC2(O)CCOC2)c(N)cc1F. The molecule has 1 fully saturated rings. The number of halogens is 1. The highest BCUT2D eigenvalue weighted by Crippen LogP contribution is 2.29. The van der Waals surface area contributed by atoms with Crippen LogP contribution in [0.1, 0.15) is 19.8 Å². The fourth-order valence-corrected chi connectivity index (χ4v) is 2.04. The largest absolute Gasteiger partial charge is 0.490 e. The molecular formula is C14H21FN2O3. The van der Waals surface area contributed by atoms with E-state index in [-0.39, 0.29) is 11.4 Å². The molecule has 4 N–H and O–H groups in total. The van der Waals surface area contributed by atoms with Gasteiger partial charge in [0.1, 0.15) is 5.60 Å². The number of hydrogen-bond acceptors (Lipinski definition) is 5. The number of nitrogen functional groups attached to an aromatic ring is 1. The second kappa shape index (κ2) is 6.28. The first-order chi connectivity index (χ1) is 9.54. The van der Waals surface area contributed by atoms with E-state index in [1.807, 2.05) is 6.92 Å². The van der Waals surface area contributed by atoms with Gasteiger partial charge in [-0.1, -0.05) is 6.92 Å². The van der Waals surface area contributed by atoms with Crippen molar-refractivity contribution in [2.75, 3.05) is 37.4 Å². The molecule has 112 valence electrons. The van der Waals surface area contributed by atoms with Gasteiger partial charge in [-0.25, -0.2) is 4.39 Å². The summed E-state index contributed by atoms with van der Waals surface area (Å²) in [6, 6.07) is 2.75. The molecule has 5 nitrogen and oxygen atoms in total. The van der Waals surface area contributed by atoms with Gasteiger partial charge in [0.05, 0.1) is 24.6 Å². The van der Waals surface area contributed by atoms with Crippen molar-refractivity contribution in [3.63, 3.8) is 0 Å². The Bertz CT molecular complexity index is 462. The molecule has 1 atom stereocenters. The molecule has 0 saturated carbocycles. The van der Waals surface area contributed by atoms with Gasteiger partial charge in [0.15, 0.2) is 11.6 Å². The van der Waals surface area contributed by atoms with Crippen LogP contribution < -0.4 is 15.8 Å². The molecule has 6 heteroatoms. The van der Waals surface area contributed by atoms with Crippen molar-refractivity contribution in [2.45, 2.75) is 25.4 Å². The molecule has 1 aromatic carbocycles. The fourth-order valence-electron chi connectivity index (χ4n) is 2.04. The lowest BCUT2D eigenvalue weighted by Crippen LogP contribution is -2.37. The molecular weight excluding hydrogens is 263 g/mol. The standard InChI is InChI=1S/C14H21FN2O3/c1-2-4-20-13-7-12(11(16)6-10(13)15)17-8-14(18)3-5-19-9-14/h6-7,17-18H,2-5,8-9,16H2,1H3. The van der Waals surface area contributed by atoms with Crippen molar-refractivity contribution >= 4 is 11.4 Å². The van der Waals surface area contributed by atoms with E-state index in [2.05, 4.69) is 5.32 Å². The predicted molar refractivity (Wildman–Crippen MR) is 75.5 cm³/mol. The van der Waals surface area contributed by atoms with Crippen LogP contribution in [0.25, 0.3) is 0 Å². The minimum atomic E-state index is -0.898. The summed E-state index contributed by atoms with van der Waals surface area (Å²) in [5.41, 5.74) is 5.72. The molecule has 0 aromatic heterocycles. The highest BCUT2D eigenvalue weighted by atomic mass is 19.1. The Morgan fingerprint density at radius 1 is 1.55 bits per heavy atom. The van der Waals surface area contributed by atoms with E-state index in [9.17, 15) is 9.50 Å². The molecule has 0 spiro atoms. The number of aliphatic hydroxyl groups is 1. The second-order valence-corrected chi connectivity index (χ2v) is 5.10. The fraction of sp³-hybridized carbons (Fsp3) is 0.571. The Morgan fingerprint density at radius 2 is 2.35 bits per heavy atom. The van der Waals surface area contributed by atoms with Crippen LogP contribution in [0.3, 0.4) is 0 Å². The van der Waals surface area contributed by atoms with E-state index in [1.165, 1.54) is 12.1 Å². The van der Waals surface area contributed by atoms with Crippen molar-refractivity contribution in [3.05, 3.63) is 17.9 Å². The van der Waals surface area contributed by atoms with E-state index in [1.54, 1.807) is 0 Å². The first-order valence-electron chi connectivity index (χ1n) is 6.80. The lowest BCUT2D eigenvalue weighted by molar-refractivity contribution is 0.0382. The molecule has 1 aliphatic rings. The van der Waals surface area contributed by atoms with Gasteiger partial charge in [-0.15, -0.1) is 0 Å². The zero-order chi connectivity index (χ0) is 14.6. The number of hydrogen-bond donors (Lipinski definition) is 3. The number of rotatable bonds is 6. The molecule has 1 saturated heterocycles. The van der Waals surface area contributed by atoms with Crippen LogP contribution in [0.2, 0.25) is 0 Å². The summed E-state index contributed by atoms with van der Waals surface area (Å²) in [5, 5.41) is 13.2. The maximum atomic E-state index is 13.7. The second-order valence-electron chi connectivity index (χ2n) is 5.10. The average Bonchev–Trinajstić information content (AvgIpc) is 2.84. The third-order valence-corrected chi connectivity index (χ3v) is 3.26. The predicted octanol–water partition coefficient (Wildman–Crippen LogP) is 1.76. The van der Waals surface area contributed by atoms with Gasteiger partial charge in [0, 0.05) is 31.7 Å². The number of ether oxygens (including phenoxy) is 2. The highest BCUT2D eigenvalue weighted by molar-refractivity contribution is 5.68. The Labute approximate surface area is 117 Å². The minimum absolute atomic E-state index is 0.165. The van der Waals surface area contributed by atoms with Gasteiger partial charge in [0.2, 0.25) is 0 Å². The molecule has 1 unspecified atom stereocenters. The first-order valence-corrected chi connectivity index (χ1v) is 6.80. The van der Waals surface area contributed by atoms with Gasteiger partial charge in [-0.05, 0) is 6.42 Å². The Balaban J connectivity index is 2.06. The third kappa shape index (κ3) is 3.52. The highest BCUT2D eigenvalue weighted by Gasteiger charge is 2.32. The molecule has 1 aromatic rings. The number of nitrogens with one attached hydrogen (secondary N) is 1. The zero-order valence-electron chi connectivity index (χ0n) is 11.6. The topological polar surface area (TPSA) is 76.7 Å². The van der Waals surface area contributed by atoms with Gasteiger partial charge < -0.3 is 25.6 Å². The Morgan fingerprint density at radius 3 is 3.00 bits per heavy atom. The van der Waals surface area contributed by atoms with Crippen LogP contribution in [0.15, 0.2) is 12.1 Å². The van der Waals surface area contributed by atoms with Crippen molar-refractivity contribution in [3.8, 4) is 5.75 Å². The van der Waals surface area contributed by atoms with Crippen LogP contribution in [0, 0.1) is 5.82 Å². The summed E-state index contributed by atoms with van der Waals surface area (Å²) < 4.78 is 24.2. The molecule has 2 rings (SSSR count). The lowest BCUT2D eigenvalue weighted by Gasteiger charge is -2.22. The molecule has 0 radical (unpaired) electrons. The summed E-state index contributed by atoms with van der Waals surface area (Å²) in [6.45, 7) is 3.53. The molecule has 1 heterocycles. The summed E-state index contributed by atoms with van der Waals surface area (Å²) in [6.07, 6.45) is 1.37. The third-order valence-electron chi connectivity index (χ3n) is 3.26. The van der Waals surface area contributed by atoms with Gasteiger partial charge in [-0.3, -0.25) is 0 Å². The number of benzene rings is 1. The molecule has 0 bridgehead atoms. The maximum Gasteiger partial charge on any atom is 0.167 e. The average molecular weight is 284 g/mol. The van der Waals surface area contributed by atoms with Gasteiger partial charge in [0.25, 0.3) is 0 Å². The normalized spacial score (nSPS) is 21.9.